The van der Waals surface area contributed by atoms with E-state index in [0.29, 0.717) is 11.1 Å². The van der Waals surface area contributed by atoms with Crippen LogP contribution in [0.25, 0.3) is 0 Å². The van der Waals surface area contributed by atoms with Crippen molar-refractivity contribution in [2.45, 2.75) is 18.7 Å². The molecular formula is C12H19N3O3S. The SMILES string of the molecule is Cc1ccc(C)c(S(=O)(=O)NCC(=O)N(C)C)c1N. The largest absolute Gasteiger partial charge is 0.397 e. The van der Waals surface area contributed by atoms with Crippen LogP contribution in [0, 0.1) is 13.8 Å². The lowest BCUT2D eigenvalue weighted by molar-refractivity contribution is -0.127. The summed E-state index contributed by atoms with van der Waals surface area (Å²) < 4.78 is 26.6. The Morgan fingerprint density at radius 2 is 1.79 bits per heavy atom. The Morgan fingerprint density at radius 3 is 2.32 bits per heavy atom. The smallest absolute Gasteiger partial charge is 0.243 e. The molecule has 0 spiro atoms. The molecule has 1 aromatic rings. The summed E-state index contributed by atoms with van der Waals surface area (Å²) >= 11 is 0. The van der Waals surface area contributed by atoms with Crippen LogP contribution >= 0.6 is 0 Å². The summed E-state index contributed by atoms with van der Waals surface area (Å²) in [5.74, 6) is -0.326. The zero-order chi connectivity index (χ0) is 14.8. The number of hydrogen-bond donors (Lipinski definition) is 2. The van der Waals surface area contributed by atoms with E-state index in [0.717, 1.165) is 0 Å². The van der Waals surface area contributed by atoms with Crippen LogP contribution in [0.5, 0.6) is 0 Å². The number of carbonyl (C=O) groups excluding carboxylic acids is 1. The average Bonchev–Trinajstić information content (AvgIpc) is 2.31. The van der Waals surface area contributed by atoms with E-state index in [-0.39, 0.29) is 23.0 Å². The minimum atomic E-state index is -3.80. The van der Waals surface area contributed by atoms with Crippen molar-refractivity contribution in [2.24, 2.45) is 0 Å². The summed E-state index contributed by atoms with van der Waals surface area (Å²) in [5.41, 5.74) is 7.27. The van der Waals surface area contributed by atoms with Crippen LogP contribution in [-0.4, -0.2) is 39.9 Å². The van der Waals surface area contributed by atoms with Crippen molar-refractivity contribution in [3.63, 3.8) is 0 Å². The van der Waals surface area contributed by atoms with E-state index in [9.17, 15) is 13.2 Å². The van der Waals surface area contributed by atoms with Crippen molar-refractivity contribution in [1.29, 1.82) is 0 Å². The number of benzene rings is 1. The van der Waals surface area contributed by atoms with Gasteiger partial charge in [0, 0.05) is 14.1 Å². The van der Waals surface area contributed by atoms with E-state index in [1.165, 1.54) is 4.90 Å². The zero-order valence-corrected chi connectivity index (χ0v) is 12.3. The van der Waals surface area contributed by atoms with Crippen molar-refractivity contribution in [1.82, 2.24) is 9.62 Å². The first-order chi connectivity index (χ1) is 8.66. The van der Waals surface area contributed by atoms with Crippen LogP contribution in [-0.2, 0) is 14.8 Å². The maximum Gasteiger partial charge on any atom is 0.243 e. The highest BCUT2D eigenvalue weighted by Gasteiger charge is 2.22. The summed E-state index contributed by atoms with van der Waals surface area (Å²) in [7, 11) is -0.678. The van der Waals surface area contributed by atoms with Crippen molar-refractivity contribution in [3.8, 4) is 0 Å². The Bertz CT molecular complexity index is 594. The van der Waals surface area contributed by atoms with Gasteiger partial charge >= 0.3 is 0 Å². The predicted molar refractivity (Wildman–Crippen MR) is 74.2 cm³/mol. The molecule has 0 fully saturated rings. The van der Waals surface area contributed by atoms with Crippen molar-refractivity contribution in [2.75, 3.05) is 26.4 Å². The fourth-order valence-corrected chi connectivity index (χ4v) is 2.95. The number of nitrogens with two attached hydrogens (primary N) is 1. The van der Waals surface area contributed by atoms with E-state index in [4.69, 9.17) is 5.73 Å². The van der Waals surface area contributed by atoms with E-state index in [1.807, 2.05) is 0 Å². The third kappa shape index (κ3) is 3.45. The number of nitrogens with one attached hydrogen (secondary N) is 1. The number of likely N-dealkylation sites (N-methyl/N-ethyl adjacent to an activating group) is 1. The molecule has 0 bridgehead atoms. The van der Waals surface area contributed by atoms with Gasteiger partial charge in [-0.2, -0.15) is 0 Å². The van der Waals surface area contributed by atoms with Crippen molar-refractivity contribution >= 4 is 21.6 Å². The second-order valence-electron chi connectivity index (χ2n) is 4.55. The number of anilines is 1. The molecule has 3 N–H and O–H groups in total. The normalized spacial score (nSPS) is 11.4. The first-order valence-electron chi connectivity index (χ1n) is 5.72. The summed E-state index contributed by atoms with van der Waals surface area (Å²) in [6, 6.07) is 3.45. The molecule has 0 radical (unpaired) electrons. The molecule has 0 aliphatic rings. The van der Waals surface area contributed by atoms with Crippen LogP contribution in [0.4, 0.5) is 5.69 Å². The molecule has 1 aromatic carbocycles. The maximum atomic E-state index is 12.2. The fraction of sp³-hybridized carbons (Fsp3) is 0.417. The van der Waals surface area contributed by atoms with Gasteiger partial charge in [0.25, 0.3) is 0 Å². The lowest BCUT2D eigenvalue weighted by Gasteiger charge is -2.15. The van der Waals surface area contributed by atoms with Gasteiger partial charge in [-0.1, -0.05) is 12.1 Å². The van der Waals surface area contributed by atoms with Gasteiger partial charge in [0.15, 0.2) is 0 Å². The Kier molecular flexibility index (Phi) is 4.54. The molecule has 1 rings (SSSR count). The molecule has 106 valence electrons. The molecule has 0 saturated carbocycles. The Labute approximate surface area is 113 Å². The molecule has 0 saturated heterocycles. The maximum absolute atomic E-state index is 12.2. The third-order valence-corrected chi connectivity index (χ3v) is 4.40. The minimum Gasteiger partial charge on any atom is -0.397 e. The summed E-state index contributed by atoms with van der Waals surface area (Å²) in [5, 5.41) is 0. The Morgan fingerprint density at radius 1 is 1.26 bits per heavy atom. The molecule has 1 amide bonds. The molecule has 0 aliphatic carbocycles. The van der Waals surface area contributed by atoms with Crippen LogP contribution < -0.4 is 10.5 Å². The lowest BCUT2D eigenvalue weighted by atomic mass is 10.1. The zero-order valence-electron chi connectivity index (χ0n) is 11.5. The number of carbonyl (C=O) groups is 1. The Hall–Kier alpha value is -1.60. The number of aryl methyl sites for hydroxylation is 2. The highest BCUT2D eigenvalue weighted by atomic mass is 32.2. The van der Waals surface area contributed by atoms with E-state index >= 15 is 0 Å². The van der Waals surface area contributed by atoms with Gasteiger partial charge in [-0.15, -0.1) is 0 Å². The van der Waals surface area contributed by atoms with Crippen LogP contribution in [0.1, 0.15) is 11.1 Å². The topological polar surface area (TPSA) is 92.5 Å². The summed E-state index contributed by atoms with van der Waals surface area (Å²) in [4.78, 5) is 12.8. The lowest BCUT2D eigenvalue weighted by Crippen LogP contribution is -2.36. The van der Waals surface area contributed by atoms with Gasteiger partial charge in [0.2, 0.25) is 15.9 Å². The number of nitrogen functional groups attached to an aromatic ring is 1. The molecule has 0 heterocycles. The second-order valence-corrected chi connectivity index (χ2v) is 6.26. The predicted octanol–water partition coefficient (Wildman–Crippen LogP) is 0.252. The number of nitrogens with zero attached hydrogens (tertiary/aromatic N) is 1. The molecule has 0 unspecified atom stereocenters. The first-order valence-corrected chi connectivity index (χ1v) is 7.20. The average molecular weight is 285 g/mol. The second kappa shape index (κ2) is 5.58. The fourth-order valence-electron chi connectivity index (χ4n) is 1.55. The number of rotatable bonds is 4. The molecule has 6 nitrogen and oxygen atoms in total. The van der Waals surface area contributed by atoms with Gasteiger partial charge in [0.05, 0.1) is 12.2 Å². The quantitative estimate of drug-likeness (QED) is 0.776. The van der Waals surface area contributed by atoms with Gasteiger partial charge in [-0.3, -0.25) is 4.79 Å². The van der Waals surface area contributed by atoms with Crippen LogP contribution in [0.15, 0.2) is 17.0 Å². The highest BCUT2D eigenvalue weighted by molar-refractivity contribution is 7.89. The van der Waals surface area contributed by atoms with Crippen LogP contribution in [0.2, 0.25) is 0 Å². The molecule has 0 atom stereocenters. The third-order valence-electron chi connectivity index (χ3n) is 2.79. The van der Waals surface area contributed by atoms with E-state index < -0.39 is 10.0 Å². The van der Waals surface area contributed by atoms with Crippen molar-refractivity contribution < 1.29 is 13.2 Å². The molecule has 19 heavy (non-hydrogen) atoms. The van der Waals surface area contributed by atoms with Gasteiger partial charge in [0.1, 0.15) is 4.90 Å². The molecule has 0 aliphatic heterocycles. The molecular weight excluding hydrogens is 266 g/mol. The van der Waals surface area contributed by atoms with E-state index in [2.05, 4.69) is 4.72 Å². The number of sulfonamides is 1. The standard InChI is InChI=1S/C12H19N3O3S/c1-8-5-6-9(2)12(11(8)13)19(17,18)14-7-10(16)15(3)4/h5-6,14H,7,13H2,1-4H3. The van der Waals surface area contributed by atoms with Crippen LogP contribution in [0.3, 0.4) is 0 Å². The van der Waals surface area contributed by atoms with Gasteiger partial charge in [-0.05, 0) is 25.0 Å². The number of amides is 1. The van der Waals surface area contributed by atoms with Crippen molar-refractivity contribution in [3.05, 3.63) is 23.3 Å². The molecule has 0 aromatic heterocycles. The Balaban J connectivity index is 3.08. The van der Waals surface area contributed by atoms with E-state index in [1.54, 1.807) is 40.1 Å². The van der Waals surface area contributed by atoms with Gasteiger partial charge < -0.3 is 10.6 Å². The number of hydrogen-bond acceptors (Lipinski definition) is 4. The first kappa shape index (κ1) is 15.5. The summed E-state index contributed by atoms with van der Waals surface area (Å²) in [6.45, 7) is 3.11. The highest BCUT2D eigenvalue weighted by Crippen LogP contribution is 2.25. The van der Waals surface area contributed by atoms with Gasteiger partial charge in [-0.25, -0.2) is 13.1 Å². The monoisotopic (exact) mass is 285 g/mol. The molecule has 7 heteroatoms. The minimum absolute atomic E-state index is 0.0408. The summed E-state index contributed by atoms with van der Waals surface area (Å²) in [6.07, 6.45) is 0.